The van der Waals surface area contributed by atoms with Crippen molar-refractivity contribution in [2.24, 2.45) is 5.92 Å². The Morgan fingerprint density at radius 2 is 1.96 bits per heavy atom. The summed E-state index contributed by atoms with van der Waals surface area (Å²) in [6.07, 6.45) is -0.137. The summed E-state index contributed by atoms with van der Waals surface area (Å²) >= 11 is 0.750. The molecule has 1 atom stereocenters. The van der Waals surface area contributed by atoms with Gasteiger partial charge in [0, 0.05) is 19.0 Å². The predicted molar refractivity (Wildman–Crippen MR) is 87.9 cm³/mol. The molecule has 5 nitrogen and oxygen atoms in total. The van der Waals surface area contributed by atoms with Crippen LogP contribution in [-0.4, -0.2) is 30.0 Å². The number of aromatic nitrogens is 1. The summed E-state index contributed by atoms with van der Waals surface area (Å²) in [6, 6.07) is 0.445. The van der Waals surface area contributed by atoms with Crippen LogP contribution >= 0.6 is 11.3 Å². The van der Waals surface area contributed by atoms with E-state index in [-0.39, 0.29) is 29.4 Å². The van der Waals surface area contributed by atoms with Gasteiger partial charge in [0.25, 0.3) is 0 Å². The zero-order chi connectivity index (χ0) is 18.7. The van der Waals surface area contributed by atoms with Crippen LogP contribution in [0.5, 0.6) is 0 Å². The summed E-state index contributed by atoms with van der Waals surface area (Å²) in [7, 11) is 0. The smallest absolute Gasteiger partial charge is 0.309 e. The molecule has 1 aromatic carbocycles. The first-order valence-corrected chi connectivity index (χ1v) is 8.52. The van der Waals surface area contributed by atoms with E-state index in [1.54, 1.807) is 20.8 Å². The number of ether oxygens (including phenoxy) is 1. The van der Waals surface area contributed by atoms with Crippen LogP contribution in [0.15, 0.2) is 6.07 Å². The first kappa shape index (κ1) is 19.2. The Labute approximate surface area is 146 Å². The molecule has 0 spiro atoms. The molecule has 1 aromatic heterocycles. The third-order valence-corrected chi connectivity index (χ3v) is 4.61. The fourth-order valence-electron chi connectivity index (χ4n) is 2.25. The molecule has 0 bridgehead atoms. The van der Waals surface area contributed by atoms with Crippen molar-refractivity contribution in [2.75, 3.05) is 18.1 Å². The molecule has 1 unspecified atom stereocenters. The third-order valence-electron chi connectivity index (χ3n) is 3.52. The highest BCUT2D eigenvalue weighted by Crippen LogP contribution is 2.33. The number of halogens is 3. The number of hydrogen-bond donors (Lipinski definition) is 0. The lowest BCUT2D eigenvalue weighted by molar-refractivity contribution is -0.148. The molecule has 2 rings (SSSR count). The molecule has 0 aliphatic rings. The molecule has 0 aliphatic carbocycles. The van der Waals surface area contributed by atoms with Gasteiger partial charge >= 0.3 is 5.97 Å². The van der Waals surface area contributed by atoms with E-state index in [0.717, 1.165) is 11.3 Å². The summed E-state index contributed by atoms with van der Waals surface area (Å²) in [5.74, 6) is -5.16. The normalized spacial score (nSPS) is 12.2. The minimum absolute atomic E-state index is 0.0435. The Balaban J connectivity index is 2.30. The van der Waals surface area contributed by atoms with E-state index in [1.165, 1.54) is 4.90 Å². The molecule has 0 saturated heterocycles. The van der Waals surface area contributed by atoms with Gasteiger partial charge in [0.15, 0.2) is 16.8 Å². The maximum absolute atomic E-state index is 13.8. The lowest BCUT2D eigenvalue weighted by atomic mass is 10.1. The van der Waals surface area contributed by atoms with E-state index in [0.29, 0.717) is 6.07 Å². The van der Waals surface area contributed by atoms with E-state index < -0.39 is 40.8 Å². The molecule has 0 fully saturated rings. The molecule has 2 aromatic rings. The number of anilines is 1. The van der Waals surface area contributed by atoms with Gasteiger partial charge in [-0.25, -0.2) is 18.2 Å². The van der Waals surface area contributed by atoms with E-state index in [1.807, 2.05) is 0 Å². The van der Waals surface area contributed by atoms with Gasteiger partial charge in [-0.15, -0.1) is 0 Å². The van der Waals surface area contributed by atoms with E-state index in [4.69, 9.17) is 4.74 Å². The molecule has 1 heterocycles. The van der Waals surface area contributed by atoms with Crippen molar-refractivity contribution >= 4 is 38.6 Å². The number of nitrogens with zero attached hydrogens (tertiary/aromatic N) is 2. The van der Waals surface area contributed by atoms with Gasteiger partial charge in [0.1, 0.15) is 11.3 Å². The topological polar surface area (TPSA) is 59.5 Å². The molecule has 9 heteroatoms. The largest absolute Gasteiger partial charge is 0.466 e. The highest BCUT2D eigenvalue weighted by atomic mass is 32.1. The van der Waals surface area contributed by atoms with Gasteiger partial charge in [0.05, 0.1) is 17.2 Å². The minimum atomic E-state index is -1.34. The number of amides is 1. The number of fused-ring (bicyclic) bond motifs is 1. The Hall–Kier alpha value is -2.16. The van der Waals surface area contributed by atoms with Crippen LogP contribution in [0, 0.1) is 23.4 Å². The van der Waals surface area contributed by atoms with E-state index in [9.17, 15) is 22.8 Å². The van der Waals surface area contributed by atoms with Crippen LogP contribution in [0.2, 0.25) is 0 Å². The number of rotatable bonds is 6. The van der Waals surface area contributed by atoms with Crippen LogP contribution in [0.3, 0.4) is 0 Å². The fraction of sp³-hybridized carbons (Fsp3) is 0.438. The molecule has 25 heavy (non-hydrogen) atoms. The first-order valence-electron chi connectivity index (χ1n) is 7.71. The summed E-state index contributed by atoms with van der Waals surface area (Å²) in [5.41, 5.74) is -0.456. The Kier molecular flexibility index (Phi) is 5.99. The molecular weight excluding hydrogens is 357 g/mol. The number of thiazole rings is 1. The first-order chi connectivity index (χ1) is 11.8. The summed E-state index contributed by atoms with van der Waals surface area (Å²) in [6.45, 7) is 5.26. The summed E-state index contributed by atoms with van der Waals surface area (Å²) in [4.78, 5) is 29.2. The second kappa shape index (κ2) is 7.81. The quantitative estimate of drug-likeness (QED) is 0.572. The molecule has 0 N–H and O–H groups in total. The summed E-state index contributed by atoms with van der Waals surface area (Å²) < 4.78 is 45.6. The van der Waals surface area contributed by atoms with Crippen LogP contribution in [-0.2, 0) is 14.3 Å². The SMILES string of the molecule is CCOC(=O)C(C)CC(=O)N(CC)c1nc2c(F)c(F)cc(F)c2s1. The Bertz CT molecular complexity index is 810. The highest BCUT2D eigenvalue weighted by molar-refractivity contribution is 7.22. The van der Waals surface area contributed by atoms with Gasteiger partial charge in [-0.05, 0) is 13.8 Å². The van der Waals surface area contributed by atoms with Gasteiger partial charge in [0.2, 0.25) is 5.91 Å². The van der Waals surface area contributed by atoms with Crippen molar-refractivity contribution < 1.29 is 27.5 Å². The van der Waals surface area contributed by atoms with Gasteiger partial charge in [-0.3, -0.25) is 14.5 Å². The van der Waals surface area contributed by atoms with Crippen LogP contribution in [0.4, 0.5) is 18.3 Å². The van der Waals surface area contributed by atoms with Gasteiger partial charge < -0.3 is 4.74 Å². The van der Waals surface area contributed by atoms with E-state index in [2.05, 4.69) is 4.98 Å². The van der Waals surface area contributed by atoms with Crippen molar-refractivity contribution in [1.82, 2.24) is 4.98 Å². The van der Waals surface area contributed by atoms with Gasteiger partial charge in [-0.1, -0.05) is 18.3 Å². The third kappa shape index (κ3) is 3.92. The molecule has 1 amide bonds. The molecule has 0 radical (unpaired) electrons. The molecule has 136 valence electrons. The standard InChI is InChI=1S/C16H17F3N2O3S/c1-4-21(11(22)6-8(3)15(23)24-5-2)16-20-13-12(19)9(17)7-10(18)14(13)25-16/h7-8H,4-6H2,1-3H3. The molecular formula is C16H17F3N2O3S. The number of hydrogen-bond acceptors (Lipinski definition) is 5. The number of benzene rings is 1. The zero-order valence-corrected chi connectivity index (χ0v) is 14.8. The average Bonchev–Trinajstić information content (AvgIpc) is 2.99. The van der Waals surface area contributed by atoms with Crippen molar-refractivity contribution in [3.05, 3.63) is 23.5 Å². The maximum Gasteiger partial charge on any atom is 0.309 e. The van der Waals surface area contributed by atoms with Crippen molar-refractivity contribution in [3.8, 4) is 0 Å². The summed E-state index contributed by atoms with van der Waals surface area (Å²) in [5, 5.41) is 0.0435. The monoisotopic (exact) mass is 374 g/mol. The maximum atomic E-state index is 13.8. The lowest BCUT2D eigenvalue weighted by Crippen LogP contribution is -2.33. The lowest BCUT2D eigenvalue weighted by Gasteiger charge is -2.19. The number of carbonyl (C=O) groups is 2. The Morgan fingerprint density at radius 1 is 1.28 bits per heavy atom. The van der Waals surface area contributed by atoms with Crippen molar-refractivity contribution in [3.63, 3.8) is 0 Å². The second-order valence-electron chi connectivity index (χ2n) is 5.32. The minimum Gasteiger partial charge on any atom is -0.466 e. The molecule has 0 aliphatic heterocycles. The van der Waals surface area contributed by atoms with E-state index >= 15 is 0 Å². The number of carbonyl (C=O) groups excluding carboxylic acids is 2. The fourth-order valence-corrected chi connectivity index (χ4v) is 3.30. The van der Waals surface area contributed by atoms with Crippen LogP contribution in [0.25, 0.3) is 10.2 Å². The zero-order valence-electron chi connectivity index (χ0n) is 13.9. The van der Waals surface area contributed by atoms with Crippen molar-refractivity contribution in [2.45, 2.75) is 27.2 Å². The second-order valence-corrected chi connectivity index (χ2v) is 6.30. The van der Waals surface area contributed by atoms with Crippen LogP contribution < -0.4 is 4.90 Å². The van der Waals surface area contributed by atoms with Crippen molar-refractivity contribution in [1.29, 1.82) is 0 Å². The highest BCUT2D eigenvalue weighted by Gasteiger charge is 2.26. The Morgan fingerprint density at radius 3 is 2.56 bits per heavy atom. The van der Waals surface area contributed by atoms with Gasteiger partial charge in [-0.2, -0.15) is 0 Å². The van der Waals surface area contributed by atoms with Crippen LogP contribution in [0.1, 0.15) is 27.2 Å². The number of esters is 1. The molecule has 0 saturated carbocycles. The predicted octanol–water partition coefficient (Wildman–Crippen LogP) is 3.66. The average molecular weight is 374 g/mol.